The first-order valence-corrected chi connectivity index (χ1v) is 15.8. The number of amides is 2. The van der Waals surface area contributed by atoms with Crippen LogP contribution >= 0.6 is 35.6 Å². The molecule has 8 heteroatoms. The van der Waals surface area contributed by atoms with Gasteiger partial charge in [-0.15, -0.1) is 12.4 Å². The summed E-state index contributed by atoms with van der Waals surface area (Å²) in [6, 6.07) is 24.3. The quantitative estimate of drug-likeness (QED) is 0.247. The van der Waals surface area contributed by atoms with Gasteiger partial charge in [-0.05, 0) is 80.2 Å². The van der Waals surface area contributed by atoms with Crippen molar-refractivity contribution in [3.8, 4) is 0 Å². The molecule has 43 heavy (non-hydrogen) atoms. The molecule has 1 atom stereocenters. The maximum Gasteiger partial charge on any atom is 0.232 e. The zero-order valence-corrected chi connectivity index (χ0v) is 26.6. The summed E-state index contributed by atoms with van der Waals surface area (Å²) >= 11 is 12.6. The molecule has 3 aromatic carbocycles. The van der Waals surface area contributed by atoms with E-state index in [-0.39, 0.29) is 42.0 Å². The summed E-state index contributed by atoms with van der Waals surface area (Å²) in [7, 11) is 0. The summed E-state index contributed by atoms with van der Waals surface area (Å²) in [6.45, 7) is 4.62. The van der Waals surface area contributed by atoms with E-state index in [1.165, 1.54) is 16.7 Å². The zero-order valence-electron chi connectivity index (χ0n) is 24.3. The van der Waals surface area contributed by atoms with Crippen molar-refractivity contribution >= 4 is 59.2 Å². The topological polar surface area (TPSA) is 43.9 Å². The molecule has 3 aliphatic rings. The van der Waals surface area contributed by atoms with E-state index in [4.69, 9.17) is 23.2 Å². The number of nitrogens with zero attached hydrogens (tertiary/aromatic N) is 3. The van der Waals surface area contributed by atoms with Gasteiger partial charge in [0.1, 0.15) is 0 Å². The fourth-order valence-electron chi connectivity index (χ4n) is 6.80. The van der Waals surface area contributed by atoms with Gasteiger partial charge in [0, 0.05) is 37.2 Å². The molecule has 3 aromatic rings. The molecular formula is C35H38Cl3N3O2. The van der Waals surface area contributed by atoms with E-state index in [1.807, 2.05) is 34.1 Å². The Hall–Kier alpha value is -2.83. The van der Waals surface area contributed by atoms with Crippen molar-refractivity contribution in [2.75, 3.05) is 44.2 Å². The molecule has 0 radical (unpaired) electrons. The van der Waals surface area contributed by atoms with Crippen molar-refractivity contribution in [2.45, 2.75) is 37.5 Å². The van der Waals surface area contributed by atoms with Gasteiger partial charge in [-0.3, -0.25) is 9.59 Å². The summed E-state index contributed by atoms with van der Waals surface area (Å²) in [4.78, 5) is 33.0. The van der Waals surface area contributed by atoms with E-state index in [9.17, 15) is 9.59 Å². The molecule has 2 heterocycles. The van der Waals surface area contributed by atoms with Crippen molar-refractivity contribution in [3.63, 3.8) is 0 Å². The molecule has 0 N–H and O–H groups in total. The van der Waals surface area contributed by atoms with Gasteiger partial charge in [-0.25, -0.2) is 0 Å². The van der Waals surface area contributed by atoms with Crippen LogP contribution in [0.5, 0.6) is 0 Å². The van der Waals surface area contributed by atoms with Crippen molar-refractivity contribution in [1.82, 2.24) is 9.80 Å². The fourth-order valence-corrected chi connectivity index (χ4v) is 7.09. The maximum absolute atomic E-state index is 13.9. The van der Waals surface area contributed by atoms with Crippen LogP contribution in [0.4, 0.5) is 5.69 Å². The summed E-state index contributed by atoms with van der Waals surface area (Å²) in [5.74, 6) is -0.343. The van der Waals surface area contributed by atoms with E-state index in [0.29, 0.717) is 29.7 Å². The number of likely N-dealkylation sites (tertiary alicyclic amines) is 2. The molecule has 0 bridgehead atoms. The van der Waals surface area contributed by atoms with Crippen LogP contribution in [0.15, 0.2) is 78.9 Å². The van der Waals surface area contributed by atoms with Gasteiger partial charge in [0.05, 0.1) is 16.0 Å². The van der Waals surface area contributed by atoms with Crippen molar-refractivity contribution in [3.05, 3.63) is 106 Å². The third-order valence-electron chi connectivity index (χ3n) is 9.24. The van der Waals surface area contributed by atoms with Gasteiger partial charge in [-0.2, -0.15) is 0 Å². The molecule has 2 amide bonds. The first-order chi connectivity index (χ1) is 20.4. The predicted molar refractivity (Wildman–Crippen MR) is 178 cm³/mol. The SMILES string of the molecule is Cl.O=C1CC(C(=O)N(CCCN2CCC3(C=Cc4ccccc43)CC2)c2ccc(Cl)c(Cl)c2)CN1CCc1ccccc1. The molecule has 1 spiro atoms. The number of fused-ring (bicyclic) bond motifs is 2. The number of carbonyl (C=O) groups excluding carboxylic acids is 2. The number of halogens is 3. The van der Waals surface area contributed by atoms with Gasteiger partial charge in [-0.1, -0.05) is 90.0 Å². The highest BCUT2D eigenvalue weighted by Gasteiger charge is 2.39. The van der Waals surface area contributed by atoms with E-state index in [0.717, 1.165) is 51.0 Å². The van der Waals surface area contributed by atoms with E-state index in [2.05, 4.69) is 53.5 Å². The zero-order chi connectivity index (χ0) is 29.1. The second kappa shape index (κ2) is 13.9. The lowest BCUT2D eigenvalue weighted by atomic mass is 9.74. The molecule has 0 saturated carbocycles. The van der Waals surface area contributed by atoms with Gasteiger partial charge in [0.15, 0.2) is 0 Å². The Kier molecular flexibility index (Phi) is 10.2. The first kappa shape index (κ1) is 31.6. The summed E-state index contributed by atoms with van der Waals surface area (Å²) in [5.41, 5.74) is 4.90. The van der Waals surface area contributed by atoms with E-state index >= 15 is 0 Å². The van der Waals surface area contributed by atoms with Crippen LogP contribution in [-0.2, 0) is 21.4 Å². The molecule has 226 valence electrons. The number of rotatable bonds is 9. The van der Waals surface area contributed by atoms with Gasteiger partial charge in [0.25, 0.3) is 0 Å². The Morgan fingerprint density at radius 3 is 2.44 bits per heavy atom. The summed E-state index contributed by atoms with van der Waals surface area (Å²) < 4.78 is 0. The number of hydrogen-bond acceptors (Lipinski definition) is 3. The predicted octanol–water partition coefficient (Wildman–Crippen LogP) is 7.29. The van der Waals surface area contributed by atoms with Crippen LogP contribution in [0.3, 0.4) is 0 Å². The fraction of sp³-hybridized carbons (Fsp3) is 0.371. The average Bonchev–Trinajstić information content (AvgIpc) is 3.57. The van der Waals surface area contributed by atoms with Gasteiger partial charge >= 0.3 is 0 Å². The van der Waals surface area contributed by atoms with Crippen LogP contribution in [0.25, 0.3) is 6.08 Å². The van der Waals surface area contributed by atoms with Gasteiger partial charge in [0.2, 0.25) is 11.8 Å². The number of allylic oxidation sites excluding steroid dienone is 1. The lowest BCUT2D eigenvalue weighted by Gasteiger charge is -2.39. The Labute approximate surface area is 270 Å². The Morgan fingerprint density at radius 2 is 1.67 bits per heavy atom. The largest absolute Gasteiger partial charge is 0.342 e. The molecule has 2 saturated heterocycles. The first-order valence-electron chi connectivity index (χ1n) is 15.0. The van der Waals surface area contributed by atoms with Crippen molar-refractivity contribution in [2.24, 2.45) is 5.92 Å². The number of anilines is 1. The lowest BCUT2D eigenvalue weighted by Crippen LogP contribution is -2.43. The second-order valence-electron chi connectivity index (χ2n) is 11.8. The van der Waals surface area contributed by atoms with Crippen LogP contribution in [-0.4, -0.2) is 60.9 Å². The molecule has 1 aliphatic carbocycles. The normalized spacial score (nSPS) is 19.0. The minimum Gasteiger partial charge on any atom is -0.342 e. The third kappa shape index (κ3) is 6.96. The minimum absolute atomic E-state index is 0. The highest BCUT2D eigenvalue weighted by Crippen LogP contribution is 2.43. The molecule has 6 rings (SSSR count). The standard InChI is InChI=1S/C35H37Cl2N3O2.ClH/c36-31-12-11-29(24-32(31)37)40(34(42)28-23-33(41)39(25-28)20-14-26-7-2-1-3-8-26)19-6-18-38-21-16-35(17-22-38)15-13-27-9-4-5-10-30(27)35;/h1-5,7-13,15,24,28H,6,14,16-23,25H2;1H. The lowest BCUT2D eigenvalue weighted by molar-refractivity contribution is -0.128. The molecule has 1 unspecified atom stereocenters. The summed E-state index contributed by atoms with van der Waals surface area (Å²) in [6.07, 6.45) is 8.77. The second-order valence-corrected chi connectivity index (χ2v) is 12.7. The molecular weight excluding hydrogens is 601 g/mol. The highest BCUT2D eigenvalue weighted by atomic mass is 35.5. The molecule has 2 fully saturated rings. The smallest absolute Gasteiger partial charge is 0.232 e. The highest BCUT2D eigenvalue weighted by molar-refractivity contribution is 6.42. The number of carbonyl (C=O) groups is 2. The van der Waals surface area contributed by atoms with Crippen LogP contribution in [0.2, 0.25) is 10.0 Å². The number of piperidine rings is 1. The minimum atomic E-state index is -0.369. The summed E-state index contributed by atoms with van der Waals surface area (Å²) in [5, 5.41) is 0.880. The average molecular weight is 639 g/mol. The van der Waals surface area contributed by atoms with Crippen LogP contribution in [0.1, 0.15) is 42.4 Å². The van der Waals surface area contributed by atoms with Crippen molar-refractivity contribution in [1.29, 1.82) is 0 Å². The van der Waals surface area contributed by atoms with Crippen LogP contribution < -0.4 is 4.90 Å². The molecule has 2 aliphatic heterocycles. The Bertz CT molecular complexity index is 1470. The van der Waals surface area contributed by atoms with E-state index in [1.54, 1.807) is 12.1 Å². The number of hydrogen-bond donors (Lipinski definition) is 0. The Morgan fingerprint density at radius 1 is 0.930 bits per heavy atom. The van der Waals surface area contributed by atoms with E-state index < -0.39 is 0 Å². The van der Waals surface area contributed by atoms with Crippen LogP contribution in [0, 0.1) is 5.92 Å². The monoisotopic (exact) mass is 637 g/mol. The van der Waals surface area contributed by atoms with Crippen molar-refractivity contribution < 1.29 is 9.59 Å². The molecule has 5 nitrogen and oxygen atoms in total. The number of benzene rings is 3. The Balaban J connectivity index is 0.00000368. The van der Waals surface area contributed by atoms with Gasteiger partial charge < -0.3 is 14.7 Å². The molecule has 0 aromatic heterocycles. The maximum atomic E-state index is 13.9. The third-order valence-corrected chi connectivity index (χ3v) is 9.98.